The number of halogens is 1. The van der Waals surface area contributed by atoms with Crippen LogP contribution in [-0.2, 0) is 14.3 Å². The Bertz CT molecular complexity index is 926. The Kier molecular flexibility index (Phi) is 5.49. The van der Waals surface area contributed by atoms with Gasteiger partial charge >= 0.3 is 0 Å². The number of ketones is 1. The van der Waals surface area contributed by atoms with Crippen LogP contribution in [0.1, 0.15) is 52.9 Å². The number of carbonyl (C=O) groups is 1. The molecule has 0 aromatic carbocycles. The van der Waals surface area contributed by atoms with Gasteiger partial charge in [0.1, 0.15) is 17.3 Å². The van der Waals surface area contributed by atoms with E-state index >= 15 is 0 Å². The minimum Gasteiger partial charge on any atom is -0.469 e. The molecule has 5 aliphatic rings. The highest BCUT2D eigenvalue weighted by Gasteiger charge is 2.83. The Hall–Kier alpha value is -0.520. The minimum atomic E-state index is -2.78. The molecular weight excluding hydrogens is 539 g/mol. The minimum absolute atomic E-state index is 0.229. The number of Topliss-reactive ketones (excluding diaryl/α,β-unsaturated/α-hetero) is 1. The molecule has 1 spiro atoms. The first-order valence-electron chi connectivity index (χ1n) is 12.0. The number of ether oxygens (including phenoxy) is 2. The Morgan fingerprint density at radius 3 is 2.52 bits per heavy atom. The number of carbonyl (C=O) groups excluding carboxylic acids is 1. The topological polar surface area (TPSA) is 116 Å². The van der Waals surface area contributed by atoms with Gasteiger partial charge in [-0.25, -0.2) is 0 Å². The maximum Gasteiger partial charge on any atom is 0.205 e. The van der Waals surface area contributed by atoms with Crippen LogP contribution in [0, 0.1) is 34.0 Å². The van der Waals surface area contributed by atoms with Gasteiger partial charge in [0.05, 0.1) is 6.10 Å². The summed E-state index contributed by atoms with van der Waals surface area (Å²) in [7, 11) is 0. The van der Waals surface area contributed by atoms with Crippen LogP contribution in [0.3, 0.4) is 0 Å². The van der Waals surface area contributed by atoms with Gasteiger partial charge in [0.15, 0.2) is 12.1 Å². The van der Waals surface area contributed by atoms with Crippen molar-refractivity contribution < 1.29 is 34.7 Å². The molecule has 0 amide bonds. The number of aliphatic hydroxyl groups excluding tert-OH is 2. The zero-order valence-corrected chi connectivity index (χ0v) is 21.7. The van der Waals surface area contributed by atoms with E-state index in [4.69, 9.17) is 9.47 Å². The van der Waals surface area contributed by atoms with Crippen molar-refractivity contribution >= 4 is 28.4 Å². The van der Waals surface area contributed by atoms with E-state index in [9.17, 15) is 25.2 Å². The Morgan fingerprint density at radius 1 is 1.18 bits per heavy atom. The summed E-state index contributed by atoms with van der Waals surface area (Å²) in [6, 6.07) is 0. The van der Waals surface area contributed by atoms with Crippen LogP contribution in [0.15, 0.2) is 23.5 Å². The molecule has 4 aliphatic carbocycles. The van der Waals surface area contributed by atoms with Crippen molar-refractivity contribution in [1.29, 1.82) is 0 Å². The van der Waals surface area contributed by atoms with Crippen LogP contribution in [-0.4, -0.2) is 61.5 Å². The van der Waals surface area contributed by atoms with Crippen molar-refractivity contribution in [2.24, 2.45) is 34.0 Å². The van der Waals surface area contributed by atoms with Gasteiger partial charge in [-0.15, -0.1) is 0 Å². The second-order valence-electron chi connectivity index (χ2n) is 11.4. The van der Waals surface area contributed by atoms with E-state index in [0.717, 1.165) is 24.2 Å². The molecule has 0 unspecified atom stereocenters. The van der Waals surface area contributed by atoms with E-state index in [0.29, 0.717) is 30.3 Å². The van der Waals surface area contributed by atoms with Gasteiger partial charge in [-0.05, 0) is 55.1 Å². The van der Waals surface area contributed by atoms with Crippen LogP contribution >= 0.6 is 22.6 Å². The largest absolute Gasteiger partial charge is 0.469 e. The highest BCUT2D eigenvalue weighted by molar-refractivity contribution is 14.1. The molecule has 8 atom stereocenters. The summed E-state index contributed by atoms with van der Waals surface area (Å²) in [4.78, 5) is 13.8. The number of rotatable bonds is 3. The zero-order valence-electron chi connectivity index (χ0n) is 19.5. The molecule has 184 valence electrons. The van der Waals surface area contributed by atoms with Gasteiger partial charge in [-0.2, -0.15) is 0 Å². The van der Waals surface area contributed by atoms with Crippen LogP contribution in [0.4, 0.5) is 0 Å². The zero-order chi connectivity index (χ0) is 24.1. The lowest BCUT2D eigenvalue weighted by Gasteiger charge is -2.69. The summed E-state index contributed by atoms with van der Waals surface area (Å²) in [5.74, 6) is -4.31. The lowest BCUT2D eigenvalue weighted by Crippen LogP contribution is -2.79. The number of hydrogen-bond acceptors (Lipinski definition) is 7. The van der Waals surface area contributed by atoms with Crippen molar-refractivity contribution in [2.75, 3.05) is 11.0 Å². The molecule has 0 aromatic rings. The number of allylic oxidation sites excluding steroid dienone is 2. The maximum atomic E-state index is 13.8. The van der Waals surface area contributed by atoms with E-state index in [1.165, 1.54) is 0 Å². The Balaban J connectivity index is 1.80. The van der Waals surface area contributed by atoms with E-state index in [-0.39, 0.29) is 5.57 Å². The predicted octanol–water partition coefficient (Wildman–Crippen LogP) is 2.45. The average molecular weight is 574 g/mol. The van der Waals surface area contributed by atoms with E-state index in [1.807, 2.05) is 20.8 Å². The number of alkyl halides is 1. The summed E-state index contributed by atoms with van der Waals surface area (Å²) < 4.78 is 12.8. The van der Waals surface area contributed by atoms with Crippen LogP contribution < -0.4 is 0 Å². The molecule has 4 N–H and O–H groups in total. The quantitative estimate of drug-likeness (QED) is 0.177. The lowest BCUT2D eigenvalue weighted by atomic mass is 9.38. The van der Waals surface area contributed by atoms with E-state index in [2.05, 4.69) is 29.2 Å². The molecule has 0 saturated heterocycles. The summed E-state index contributed by atoms with van der Waals surface area (Å²) in [6.07, 6.45) is -0.164. The van der Waals surface area contributed by atoms with Gasteiger partial charge in [0.2, 0.25) is 5.79 Å². The predicted molar refractivity (Wildman–Crippen MR) is 128 cm³/mol. The molecule has 8 heteroatoms. The molecule has 0 aromatic heterocycles. The average Bonchev–Trinajstić information content (AvgIpc) is 2.86. The van der Waals surface area contributed by atoms with Crippen molar-refractivity contribution in [1.82, 2.24) is 0 Å². The van der Waals surface area contributed by atoms with Crippen molar-refractivity contribution in [3.05, 3.63) is 23.5 Å². The van der Waals surface area contributed by atoms with Gasteiger partial charge in [-0.1, -0.05) is 43.0 Å². The lowest BCUT2D eigenvalue weighted by molar-refractivity contribution is -0.377. The van der Waals surface area contributed by atoms with Gasteiger partial charge < -0.3 is 29.9 Å². The third-order valence-electron chi connectivity index (χ3n) is 9.55. The monoisotopic (exact) mass is 574 g/mol. The smallest absolute Gasteiger partial charge is 0.205 e. The molecule has 1 aliphatic heterocycles. The Morgan fingerprint density at radius 2 is 1.88 bits per heavy atom. The fourth-order valence-electron chi connectivity index (χ4n) is 8.54. The fraction of sp³-hybridized carbons (Fsp3) is 0.800. The first-order valence-corrected chi connectivity index (χ1v) is 13.6. The van der Waals surface area contributed by atoms with E-state index < -0.39 is 64.1 Å². The summed E-state index contributed by atoms with van der Waals surface area (Å²) >= 11 is 2.29. The van der Waals surface area contributed by atoms with Gasteiger partial charge in [-0.3, -0.25) is 4.79 Å². The van der Waals surface area contributed by atoms with Crippen molar-refractivity contribution in [3.63, 3.8) is 0 Å². The SMILES string of the molecule is C=C1C(=O)[C@]23[C@H](O)[C@H]1CC[C@H]2[C@]1(CI)C2=C(CC[C@@H](OCC)O2)CC(C)(C)[C@H]1[C@H](O)C3(O)O. The van der Waals surface area contributed by atoms with Gasteiger partial charge in [0, 0.05) is 34.7 Å². The van der Waals surface area contributed by atoms with Gasteiger partial charge in [0.25, 0.3) is 0 Å². The summed E-state index contributed by atoms with van der Waals surface area (Å²) in [5.41, 5.74) is -1.90. The second kappa shape index (κ2) is 7.49. The first kappa shape index (κ1) is 24.2. The second-order valence-corrected chi connectivity index (χ2v) is 12.1. The fourth-order valence-corrected chi connectivity index (χ4v) is 9.89. The standard InChI is InChI=1S/C25H35IO7/c1-5-32-16-9-6-13-10-22(3,4)17-20(29)25(30,31)24-15(23(17,11-26)21(13)33-16)8-7-14(19(24)28)12(2)18(24)27/h14-17,19-20,28-31H,2,5-11H2,1,3-4H3/t14-,15-,16-,17+,19+,20-,23-,24-/m0/s1. The highest BCUT2D eigenvalue weighted by atomic mass is 127. The molecular formula is C25H35IO7. The summed E-state index contributed by atoms with van der Waals surface area (Å²) in [5, 5.41) is 46.3. The molecule has 3 saturated carbocycles. The number of hydrogen-bond donors (Lipinski definition) is 4. The van der Waals surface area contributed by atoms with Crippen molar-refractivity contribution in [3.8, 4) is 0 Å². The molecule has 2 bridgehead atoms. The van der Waals surface area contributed by atoms with E-state index in [1.54, 1.807) is 0 Å². The summed E-state index contributed by atoms with van der Waals surface area (Å²) in [6.45, 7) is 10.4. The third kappa shape index (κ3) is 2.66. The molecule has 33 heavy (non-hydrogen) atoms. The molecule has 3 fully saturated rings. The highest BCUT2D eigenvalue weighted by Crippen LogP contribution is 2.75. The van der Waals surface area contributed by atoms with Crippen molar-refractivity contribution in [2.45, 2.75) is 77.2 Å². The van der Waals surface area contributed by atoms with Crippen LogP contribution in [0.2, 0.25) is 0 Å². The van der Waals surface area contributed by atoms with Crippen LogP contribution in [0.25, 0.3) is 0 Å². The molecule has 5 rings (SSSR count). The number of aliphatic hydroxyl groups is 4. The maximum absolute atomic E-state index is 13.8. The number of fused-ring (bicyclic) bond motifs is 4. The Labute approximate surface area is 208 Å². The molecule has 7 nitrogen and oxygen atoms in total. The third-order valence-corrected chi connectivity index (χ3v) is 10.8. The molecule has 0 radical (unpaired) electrons. The van der Waals surface area contributed by atoms with Crippen LogP contribution in [0.5, 0.6) is 0 Å². The molecule has 1 heterocycles. The normalized spacial score (nSPS) is 47.5. The first-order chi connectivity index (χ1) is 15.4.